The lowest BCUT2D eigenvalue weighted by Gasteiger charge is -2.14. The van der Waals surface area contributed by atoms with Crippen LogP contribution in [0, 0.1) is 0 Å². The van der Waals surface area contributed by atoms with Gasteiger partial charge in [0.2, 0.25) is 9.84 Å². The largest absolute Gasteiger partial charge is 0.462 e. The Hall–Kier alpha value is -2.08. The number of hydrogen-bond acceptors (Lipinski definition) is 5. The number of benzene rings is 1. The fourth-order valence-electron chi connectivity index (χ4n) is 2.06. The van der Waals surface area contributed by atoms with E-state index in [2.05, 4.69) is 0 Å². The van der Waals surface area contributed by atoms with Crippen LogP contribution >= 0.6 is 0 Å². The molecule has 138 valence electrons. The standard InChI is InChI=1S/C19H27NO4S/c1-4-7-16-24-19(21)18(14-11-15-20(5-2)6-3)25(22,23)17-12-9-8-10-13-17/h8-15H,4-7,16H2,1-3H3/b15-11+,18-14+. The van der Waals surface area contributed by atoms with E-state index in [0.717, 1.165) is 19.5 Å². The minimum atomic E-state index is -3.93. The van der Waals surface area contributed by atoms with Gasteiger partial charge < -0.3 is 9.64 Å². The highest BCUT2D eigenvalue weighted by Gasteiger charge is 2.27. The number of nitrogens with zero attached hydrogens (tertiary/aromatic N) is 1. The minimum Gasteiger partial charge on any atom is -0.462 e. The smallest absolute Gasteiger partial charge is 0.350 e. The van der Waals surface area contributed by atoms with Gasteiger partial charge >= 0.3 is 5.97 Å². The summed E-state index contributed by atoms with van der Waals surface area (Å²) in [5.41, 5.74) is 0. The molecule has 25 heavy (non-hydrogen) atoms. The molecule has 6 heteroatoms. The summed E-state index contributed by atoms with van der Waals surface area (Å²) in [7, 11) is -3.93. The second-order valence-corrected chi connectivity index (χ2v) is 7.32. The van der Waals surface area contributed by atoms with Crippen molar-refractivity contribution in [2.45, 2.75) is 38.5 Å². The molecule has 1 aromatic carbocycles. The van der Waals surface area contributed by atoms with Crippen LogP contribution in [0.4, 0.5) is 0 Å². The number of unbranched alkanes of at least 4 members (excludes halogenated alkanes) is 1. The molecule has 0 heterocycles. The van der Waals surface area contributed by atoms with E-state index in [-0.39, 0.29) is 16.4 Å². The lowest BCUT2D eigenvalue weighted by atomic mass is 10.4. The monoisotopic (exact) mass is 365 g/mol. The lowest BCUT2D eigenvalue weighted by molar-refractivity contribution is -0.138. The van der Waals surface area contributed by atoms with Crippen molar-refractivity contribution in [2.24, 2.45) is 0 Å². The van der Waals surface area contributed by atoms with E-state index in [1.54, 1.807) is 30.5 Å². The van der Waals surface area contributed by atoms with Crippen molar-refractivity contribution in [3.8, 4) is 0 Å². The van der Waals surface area contributed by atoms with Gasteiger partial charge in [0, 0.05) is 13.1 Å². The Kier molecular flexibility index (Phi) is 8.99. The molecule has 0 saturated heterocycles. The fourth-order valence-corrected chi connectivity index (χ4v) is 3.37. The topological polar surface area (TPSA) is 63.7 Å². The molecular formula is C19H27NO4S. The van der Waals surface area contributed by atoms with Crippen molar-refractivity contribution in [1.29, 1.82) is 0 Å². The molecular weight excluding hydrogens is 338 g/mol. The number of esters is 1. The Morgan fingerprint density at radius 3 is 2.32 bits per heavy atom. The molecule has 0 spiro atoms. The highest BCUT2D eigenvalue weighted by Crippen LogP contribution is 2.20. The van der Waals surface area contributed by atoms with Crippen LogP contribution in [-0.4, -0.2) is 39.0 Å². The van der Waals surface area contributed by atoms with Gasteiger partial charge in [-0.25, -0.2) is 13.2 Å². The van der Waals surface area contributed by atoms with Crippen LogP contribution in [-0.2, 0) is 19.4 Å². The number of sulfone groups is 1. The molecule has 1 aromatic rings. The Bertz CT molecular complexity index is 689. The van der Waals surface area contributed by atoms with Gasteiger partial charge in [-0.3, -0.25) is 0 Å². The van der Waals surface area contributed by atoms with Crippen LogP contribution in [0.15, 0.2) is 58.5 Å². The summed E-state index contributed by atoms with van der Waals surface area (Å²) in [6.45, 7) is 7.76. The Morgan fingerprint density at radius 2 is 1.76 bits per heavy atom. The first kappa shape index (κ1) is 21.0. The quantitative estimate of drug-likeness (QED) is 0.275. The highest BCUT2D eigenvalue weighted by atomic mass is 32.2. The van der Waals surface area contributed by atoms with Crippen LogP contribution < -0.4 is 0 Å². The van der Waals surface area contributed by atoms with Crippen LogP contribution in [0.25, 0.3) is 0 Å². The van der Waals surface area contributed by atoms with E-state index in [1.807, 2.05) is 25.7 Å². The first-order valence-corrected chi connectivity index (χ1v) is 10.0. The molecule has 0 amide bonds. The number of carbonyl (C=O) groups is 1. The first-order chi connectivity index (χ1) is 12.0. The molecule has 0 atom stereocenters. The van der Waals surface area contributed by atoms with Gasteiger partial charge in [-0.15, -0.1) is 0 Å². The molecule has 0 aliphatic rings. The third-order valence-corrected chi connectivity index (χ3v) is 5.41. The minimum absolute atomic E-state index is 0.0740. The predicted molar refractivity (Wildman–Crippen MR) is 99.6 cm³/mol. The highest BCUT2D eigenvalue weighted by molar-refractivity contribution is 7.96. The summed E-state index contributed by atoms with van der Waals surface area (Å²) >= 11 is 0. The molecule has 0 saturated carbocycles. The van der Waals surface area contributed by atoms with Gasteiger partial charge in [0.25, 0.3) is 0 Å². The molecule has 0 fully saturated rings. The summed E-state index contributed by atoms with van der Waals surface area (Å²) in [6.07, 6.45) is 6.21. The average Bonchev–Trinajstić information content (AvgIpc) is 2.62. The van der Waals surface area contributed by atoms with Crippen molar-refractivity contribution in [3.05, 3.63) is 53.6 Å². The van der Waals surface area contributed by atoms with Gasteiger partial charge in [-0.2, -0.15) is 0 Å². The van der Waals surface area contributed by atoms with E-state index in [4.69, 9.17) is 4.74 Å². The van der Waals surface area contributed by atoms with E-state index in [1.165, 1.54) is 18.2 Å². The number of allylic oxidation sites excluding steroid dienone is 2. The summed E-state index contributed by atoms with van der Waals surface area (Å²) < 4.78 is 30.7. The van der Waals surface area contributed by atoms with Crippen LogP contribution in [0.2, 0.25) is 0 Å². The van der Waals surface area contributed by atoms with Gasteiger partial charge in [-0.05, 0) is 50.8 Å². The van der Waals surface area contributed by atoms with Crippen molar-refractivity contribution < 1.29 is 17.9 Å². The van der Waals surface area contributed by atoms with Crippen LogP contribution in [0.3, 0.4) is 0 Å². The number of rotatable bonds is 10. The molecule has 5 nitrogen and oxygen atoms in total. The lowest BCUT2D eigenvalue weighted by Crippen LogP contribution is -2.18. The van der Waals surface area contributed by atoms with Gasteiger partial charge in [0.15, 0.2) is 4.91 Å². The fraction of sp³-hybridized carbons (Fsp3) is 0.421. The molecule has 0 aromatic heterocycles. The predicted octanol–water partition coefficient (Wildman–Crippen LogP) is 3.54. The molecule has 0 aliphatic carbocycles. The molecule has 0 radical (unpaired) electrons. The van der Waals surface area contributed by atoms with Gasteiger partial charge in [0.1, 0.15) is 0 Å². The number of hydrogen-bond donors (Lipinski definition) is 0. The summed E-state index contributed by atoms with van der Waals surface area (Å²) in [5, 5.41) is 0. The molecule has 0 unspecified atom stereocenters. The molecule has 1 rings (SSSR count). The van der Waals surface area contributed by atoms with Crippen LogP contribution in [0.1, 0.15) is 33.6 Å². The molecule has 0 bridgehead atoms. The molecule has 0 N–H and O–H groups in total. The zero-order chi connectivity index (χ0) is 18.7. The Morgan fingerprint density at radius 1 is 1.12 bits per heavy atom. The Labute approximate surface area is 150 Å². The van der Waals surface area contributed by atoms with Gasteiger partial charge in [0.05, 0.1) is 11.5 Å². The second-order valence-electron chi connectivity index (χ2n) is 5.40. The summed E-state index contributed by atoms with van der Waals surface area (Å²) in [4.78, 5) is 14.1. The second kappa shape index (κ2) is 10.7. The normalized spacial score (nSPS) is 12.4. The summed E-state index contributed by atoms with van der Waals surface area (Å²) in [5.74, 6) is -0.818. The van der Waals surface area contributed by atoms with E-state index < -0.39 is 15.8 Å². The number of ether oxygens (including phenoxy) is 1. The third kappa shape index (κ3) is 6.38. The van der Waals surface area contributed by atoms with Crippen molar-refractivity contribution in [1.82, 2.24) is 4.90 Å². The Balaban J connectivity index is 3.16. The average molecular weight is 365 g/mol. The number of carbonyl (C=O) groups excluding carboxylic acids is 1. The zero-order valence-electron chi connectivity index (χ0n) is 15.1. The van der Waals surface area contributed by atoms with E-state index in [0.29, 0.717) is 6.42 Å². The van der Waals surface area contributed by atoms with Crippen LogP contribution in [0.5, 0.6) is 0 Å². The SMILES string of the molecule is CCCCOC(=O)/C(=C\C=C\N(CC)CC)S(=O)(=O)c1ccccc1. The maximum atomic E-state index is 12.8. The van der Waals surface area contributed by atoms with Crippen molar-refractivity contribution >= 4 is 15.8 Å². The van der Waals surface area contributed by atoms with Crippen molar-refractivity contribution in [3.63, 3.8) is 0 Å². The zero-order valence-corrected chi connectivity index (χ0v) is 16.0. The first-order valence-electron chi connectivity index (χ1n) is 8.57. The van der Waals surface area contributed by atoms with Gasteiger partial charge in [-0.1, -0.05) is 31.5 Å². The maximum absolute atomic E-state index is 12.8. The van der Waals surface area contributed by atoms with E-state index >= 15 is 0 Å². The molecule has 0 aliphatic heterocycles. The van der Waals surface area contributed by atoms with E-state index in [9.17, 15) is 13.2 Å². The maximum Gasteiger partial charge on any atom is 0.350 e. The summed E-state index contributed by atoms with van der Waals surface area (Å²) in [6, 6.07) is 7.91. The third-order valence-electron chi connectivity index (χ3n) is 3.63. The van der Waals surface area contributed by atoms with Crippen molar-refractivity contribution in [2.75, 3.05) is 19.7 Å².